The lowest BCUT2D eigenvalue weighted by molar-refractivity contribution is -0.142. The Hall–Kier alpha value is -2.22. The first-order valence-corrected chi connectivity index (χ1v) is 8.94. The maximum atomic E-state index is 12.6. The lowest BCUT2D eigenvalue weighted by atomic mass is 9.92. The van der Waals surface area contributed by atoms with Crippen LogP contribution in [0.4, 0.5) is 0 Å². The summed E-state index contributed by atoms with van der Waals surface area (Å²) in [5, 5.41) is 19.4. The Bertz CT molecular complexity index is 753. The van der Waals surface area contributed by atoms with Gasteiger partial charge in [-0.3, -0.25) is 9.59 Å². The maximum absolute atomic E-state index is 12.6. The van der Waals surface area contributed by atoms with Crippen LogP contribution in [0.3, 0.4) is 0 Å². The Kier molecular flexibility index (Phi) is 3.84. The zero-order valence-corrected chi connectivity index (χ0v) is 13.9. The molecule has 0 aromatic carbocycles. The van der Waals surface area contributed by atoms with Crippen LogP contribution in [0.2, 0.25) is 0 Å². The maximum Gasteiger partial charge on any atom is 0.308 e. The van der Waals surface area contributed by atoms with Crippen LogP contribution in [-0.4, -0.2) is 50.0 Å². The van der Waals surface area contributed by atoms with Crippen LogP contribution < -0.4 is 0 Å². The van der Waals surface area contributed by atoms with Gasteiger partial charge in [0.15, 0.2) is 5.69 Å². The van der Waals surface area contributed by atoms with E-state index in [4.69, 9.17) is 0 Å². The Morgan fingerprint density at radius 3 is 2.83 bits per heavy atom. The van der Waals surface area contributed by atoms with Crippen molar-refractivity contribution >= 4 is 23.2 Å². The smallest absolute Gasteiger partial charge is 0.308 e. The minimum Gasteiger partial charge on any atom is -0.481 e. The standard InChI is InChI=1S/C16H18N4O3S/c21-15(14-9-20(18-17-14)6-11-2-1-5-24-11)19-7-12(10-3-4-10)13(8-19)16(22)23/h1-2,5,9-10,12-13H,3-4,6-8H2,(H,22,23)/t12-,13+/m1/s1. The summed E-state index contributed by atoms with van der Waals surface area (Å²) < 4.78 is 1.64. The molecule has 1 amide bonds. The van der Waals surface area contributed by atoms with Gasteiger partial charge >= 0.3 is 5.97 Å². The minimum atomic E-state index is -0.802. The van der Waals surface area contributed by atoms with Crippen molar-refractivity contribution in [3.63, 3.8) is 0 Å². The minimum absolute atomic E-state index is 0.0765. The zero-order valence-electron chi connectivity index (χ0n) is 13.0. The molecular formula is C16H18N4O3S. The first-order chi connectivity index (χ1) is 11.6. The van der Waals surface area contributed by atoms with E-state index in [2.05, 4.69) is 10.3 Å². The lowest BCUT2D eigenvalue weighted by Gasteiger charge is -2.14. The van der Waals surface area contributed by atoms with Gasteiger partial charge in [-0.25, -0.2) is 4.68 Å². The summed E-state index contributed by atoms with van der Waals surface area (Å²) in [5.74, 6) is -0.945. The molecular weight excluding hydrogens is 328 g/mol. The molecule has 2 aromatic rings. The van der Waals surface area contributed by atoms with Gasteiger partial charge in [0.1, 0.15) is 0 Å². The van der Waals surface area contributed by atoms with E-state index in [0.29, 0.717) is 19.0 Å². The predicted octanol–water partition coefficient (Wildman–Crippen LogP) is 1.57. The van der Waals surface area contributed by atoms with Gasteiger partial charge in [0.2, 0.25) is 0 Å². The third-order valence-electron chi connectivity index (χ3n) is 4.85. The lowest BCUT2D eigenvalue weighted by Crippen LogP contribution is -2.30. The average Bonchev–Trinajstić information content (AvgIpc) is 2.99. The van der Waals surface area contributed by atoms with Crippen LogP contribution >= 0.6 is 11.3 Å². The second-order valence-electron chi connectivity index (χ2n) is 6.54. The molecule has 24 heavy (non-hydrogen) atoms. The topological polar surface area (TPSA) is 88.3 Å². The molecule has 0 unspecified atom stereocenters. The molecule has 1 saturated heterocycles. The van der Waals surface area contributed by atoms with E-state index in [-0.39, 0.29) is 24.1 Å². The molecule has 2 fully saturated rings. The van der Waals surface area contributed by atoms with Crippen LogP contribution in [0.1, 0.15) is 28.2 Å². The molecule has 126 valence electrons. The van der Waals surface area contributed by atoms with Gasteiger partial charge in [-0.2, -0.15) is 0 Å². The Balaban J connectivity index is 1.46. The molecule has 0 bridgehead atoms. The number of rotatable bonds is 5. The highest BCUT2D eigenvalue weighted by Crippen LogP contribution is 2.44. The van der Waals surface area contributed by atoms with Crippen molar-refractivity contribution in [3.8, 4) is 0 Å². The summed E-state index contributed by atoms with van der Waals surface area (Å²) in [6.07, 6.45) is 3.79. The summed E-state index contributed by atoms with van der Waals surface area (Å²) in [6, 6.07) is 3.98. The highest BCUT2D eigenvalue weighted by molar-refractivity contribution is 7.09. The van der Waals surface area contributed by atoms with E-state index in [0.717, 1.165) is 17.7 Å². The van der Waals surface area contributed by atoms with Crippen LogP contribution in [0.5, 0.6) is 0 Å². The van der Waals surface area contributed by atoms with Crippen LogP contribution in [0.25, 0.3) is 0 Å². The largest absolute Gasteiger partial charge is 0.481 e. The number of hydrogen-bond donors (Lipinski definition) is 1. The summed E-state index contributed by atoms with van der Waals surface area (Å²) in [7, 11) is 0. The van der Waals surface area contributed by atoms with E-state index in [1.54, 1.807) is 27.1 Å². The number of aliphatic carboxylic acids is 1. The van der Waals surface area contributed by atoms with Crippen molar-refractivity contribution in [3.05, 3.63) is 34.3 Å². The Labute approximate surface area is 142 Å². The fraction of sp³-hybridized carbons (Fsp3) is 0.500. The second-order valence-corrected chi connectivity index (χ2v) is 7.57. The molecule has 1 aliphatic carbocycles. The molecule has 2 atom stereocenters. The summed E-state index contributed by atoms with van der Waals surface area (Å²) >= 11 is 1.63. The summed E-state index contributed by atoms with van der Waals surface area (Å²) in [5.41, 5.74) is 0.284. The number of aromatic nitrogens is 3. The van der Waals surface area contributed by atoms with E-state index in [9.17, 15) is 14.7 Å². The van der Waals surface area contributed by atoms with Gasteiger partial charge in [-0.05, 0) is 36.1 Å². The molecule has 4 rings (SSSR count). The number of likely N-dealkylation sites (tertiary alicyclic amines) is 1. The number of carbonyl (C=O) groups is 2. The van der Waals surface area contributed by atoms with Crippen LogP contribution in [0.15, 0.2) is 23.7 Å². The number of carboxylic acid groups (broad SMARTS) is 1. The number of carboxylic acids is 1. The van der Waals surface area contributed by atoms with E-state index >= 15 is 0 Å². The number of nitrogens with zero attached hydrogens (tertiary/aromatic N) is 4. The summed E-state index contributed by atoms with van der Waals surface area (Å²) in [6.45, 7) is 1.37. The fourth-order valence-electron chi connectivity index (χ4n) is 3.46. The van der Waals surface area contributed by atoms with Gasteiger partial charge in [0, 0.05) is 18.0 Å². The van der Waals surface area contributed by atoms with Crippen molar-refractivity contribution in [2.24, 2.45) is 17.8 Å². The van der Waals surface area contributed by atoms with Crippen molar-refractivity contribution in [2.75, 3.05) is 13.1 Å². The van der Waals surface area contributed by atoms with Crippen molar-refractivity contribution < 1.29 is 14.7 Å². The fourth-order valence-corrected chi connectivity index (χ4v) is 4.15. The van der Waals surface area contributed by atoms with E-state index in [1.807, 2.05) is 17.5 Å². The monoisotopic (exact) mass is 346 g/mol. The number of amides is 1. The molecule has 7 nitrogen and oxygen atoms in total. The van der Waals surface area contributed by atoms with Gasteiger partial charge in [-0.1, -0.05) is 11.3 Å². The molecule has 1 aliphatic heterocycles. The third-order valence-corrected chi connectivity index (χ3v) is 5.71. The third kappa shape index (κ3) is 2.93. The molecule has 0 spiro atoms. The molecule has 0 radical (unpaired) electrons. The molecule has 2 aliphatic rings. The average molecular weight is 346 g/mol. The van der Waals surface area contributed by atoms with Crippen LogP contribution in [0, 0.1) is 17.8 Å². The Morgan fingerprint density at radius 2 is 2.17 bits per heavy atom. The number of thiophene rings is 1. The zero-order chi connectivity index (χ0) is 16.7. The molecule has 8 heteroatoms. The summed E-state index contributed by atoms with van der Waals surface area (Å²) in [4.78, 5) is 26.9. The molecule has 2 aromatic heterocycles. The highest BCUT2D eigenvalue weighted by atomic mass is 32.1. The van der Waals surface area contributed by atoms with Crippen molar-refractivity contribution in [1.82, 2.24) is 19.9 Å². The van der Waals surface area contributed by atoms with Crippen molar-refractivity contribution in [2.45, 2.75) is 19.4 Å². The number of carbonyl (C=O) groups excluding carboxylic acids is 1. The second kappa shape index (κ2) is 6.01. The first kappa shape index (κ1) is 15.3. The van der Waals surface area contributed by atoms with Gasteiger partial charge in [-0.15, -0.1) is 16.4 Å². The quantitative estimate of drug-likeness (QED) is 0.888. The van der Waals surface area contributed by atoms with E-state index < -0.39 is 11.9 Å². The highest BCUT2D eigenvalue weighted by Gasteiger charge is 2.47. The predicted molar refractivity (Wildman–Crippen MR) is 86.7 cm³/mol. The molecule has 1 N–H and O–H groups in total. The molecule has 3 heterocycles. The SMILES string of the molecule is O=C(O)[C@H]1CN(C(=O)c2cn(Cc3cccs3)nn2)C[C@@H]1C1CC1. The van der Waals surface area contributed by atoms with Gasteiger partial charge < -0.3 is 10.0 Å². The van der Waals surface area contributed by atoms with Gasteiger partial charge in [0.05, 0.1) is 18.7 Å². The Morgan fingerprint density at radius 1 is 1.33 bits per heavy atom. The van der Waals surface area contributed by atoms with Gasteiger partial charge in [0.25, 0.3) is 5.91 Å². The van der Waals surface area contributed by atoms with E-state index in [1.165, 1.54) is 0 Å². The normalized spacial score (nSPS) is 23.6. The molecule has 1 saturated carbocycles. The number of hydrogen-bond acceptors (Lipinski definition) is 5. The first-order valence-electron chi connectivity index (χ1n) is 8.06. The van der Waals surface area contributed by atoms with Crippen molar-refractivity contribution in [1.29, 1.82) is 0 Å². The van der Waals surface area contributed by atoms with Crippen LogP contribution in [-0.2, 0) is 11.3 Å².